The fourth-order valence-corrected chi connectivity index (χ4v) is 4.88. The number of aromatic nitrogens is 4. The van der Waals surface area contributed by atoms with Crippen molar-refractivity contribution in [2.24, 2.45) is 0 Å². The lowest BCUT2D eigenvalue weighted by Crippen LogP contribution is -2.37. The molecule has 1 fully saturated rings. The molecule has 0 radical (unpaired) electrons. The van der Waals surface area contributed by atoms with Crippen molar-refractivity contribution in [3.05, 3.63) is 96.3 Å². The number of hydrogen-bond donors (Lipinski definition) is 2. The first-order chi connectivity index (χ1) is 21.0. The molecule has 1 aliphatic heterocycles. The quantitative estimate of drug-likeness (QED) is 0.227. The van der Waals surface area contributed by atoms with Crippen molar-refractivity contribution in [2.75, 3.05) is 36.5 Å². The molecule has 0 amide bonds. The standard InChI is InChI=1S/C24H21F3N6O.C6H6O3S/c1-15-21(17-5-4-16-3-2-8-28-19(16)13-17)31-23(33-9-11-34-12-10-33)32-22(15)30-20-7-6-18(14-29-20)24(25,26)27;7-10(8,9)6-4-2-1-3-5-6/h2-8,13-14H,9-12H2,1H3,(H,29,30,31,32);1-5H,(H,7,8,9). The SMILES string of the molecule is Cc1c(Nc2ccc(C(F)(F)F)cn2)nc(N2CCOCC2)nc1-c1ccc2cccnc2c1.O=S(=O)(O)c1ccccc1. The molecule has 2 aromatic carbocycles. The highest BCUT2D eigenvalue weighted by Gasteiger charge is 2.30. The molecule has 1 aliphatic rings. The normalized spacial score (nSPS) is 13.7. The summed E-state index contributed by atoms with van der Waals surface area (Å²) < 4.78 is 73.4. The average molecular weight is 625 g/mol. The van der Waals surface area contributed by atoms with E-state index in [4.69, 9.17) is 14.3 Å². The highest BCUT2D eigenvalue weighted by molar-refractivity contribution is 7.85. The summed E-state index contributed by atoms with van der Waals surface area (Å²) in [5, 5.41) is 4.09. The maximum Gasteiger partial charge on any atom is 0.417 e. The van der Waals surface area contributed by atoms with Gasteiger partial charge in [0.05, 0.1) is 34.9 Å². The van der Waals surface area contributed by atoms with Crippen LogP contribution in [0.4, 0.5) is 30.8 Å². The molecule has 4 heterocycles. The first-order valence-corrected chi connectivity index (χ1v) is 14.8. The Hall–Kier alpha value is -4.66. The van der Waals surface area contributed by atoms with E-state index in [1.54, 1.807) is 24.4 Å². The van der Waals surface area contributed by atoms with E-state index in [0.29, 0.717) is 43.8 Å². The maximum atomic E-state index is 12.9. The molecule has 1 saturated heterocycles. The van der Waals surface area contributed by atoms with Gasteiger partial charge in [-0.25, -0.2) is 9.97 Å². The average Bonchev–Trinajstić information content (AvgIpc) is 3.02. The molecule has 0 spiro atoms. The fourth-order valence-electron chi connectivity index (χ4n) is 4.38. The monoisotopic (exact) mass is 624 g/mol. The molecule has 0 unspecified atom stereocenters. The summed E-state index contributed by atoms with van der Waals surface area (Å²) in [7, 11) is -4.00. The van der Waals surface area contributed by atoms with Crippen molar-refractivity contribution in [1.82, 2.24) is 19.9 Å². The van der Waals surface area contributed by atoms with Gasteiger partial charge in [0.25, 0.3) is 10.1 Å². The van der Waals surface area contributed by atoms with E-state index in [-0.39, 0.29) is 10.7 Å². The predicted octanol–water partition coefficient (Wildman–Crippen LogP) is 5.93. The van der Waals surface area contributed by atoms with Crippen LogP contribution in [0, 0.1) is 6.92 Å². The second-order valence-corrected chi connectivity index (χ2v) is 11.1. The lowest BCUT2D eigenvalue weighted by atomic mass is 10.0. The number of rotatable bonds is 5. The van der Waals surface area contributed by atoms with Crippen molar-refractivity contribution >= 4 is 38.6 Å². The van der Waals surface area contributed by atoms with E-state index in [9.17, 15) is 21.6 Å². The van der Waals surface area contributed by atoms with Crippen LogP contribution < -0.4 is 10.2 Å². The first-order valence-electron chi connectivity index (χ1n) is 13.4. The van der Waals surface area contributed by atoms with Gasteiger partial charge in [-0.2, -0.15) is 26.6 Å². The smallest absolute Gasteiger partial charge is 0.378 e. The second kappa shape index (κ2) is 12.9. The summed E-state index contributed by atoms with van der Waals surface area (Å²) in [6, 6.07) is 19.5. The Morgan fingerprint density at radius 3 is 2.32 bits per heavy atom. The Bertz CT molecular complexity index is 1850. The molecule has 2 N–H and O–H groups in total. The number of hydrogen-bond acceptors (Lipinski definition) is 9. The van der Waals surface area contributed by atoms with E-state index < -0.39 is 21.9 Å². The lowest BCUT2D eigenvalue weighted by molar-refractivity contribution is -0.137. The molecular weight excluding hydrogens is 597 g/mol. The Kier molecular flexibility index (Phi) is 9.04. The van der Waals surface area contributed by atoms with Gasteiger partial charge in [-0.15, -0.1) is 0 Å². The van der Waals surface area contributed by atoms with Crippen LogP contribution >= 0.6 is 0 Å². The lowest BCUT2D eigenvalue weighted by Gasteiger charge is -2.28. The predicted molar refractivity (Wildman–Crippen MR) is 159 cm³/mol. The number of nitrogens with zero attached hydrogens (tertiary/aromatic N) is 5. The molecule has 44 heavy (non-hydrogen) atoms. The van der Waals surface area contributed by atoms with Crippen molar-refractivity contribution in [3.63, 3.8) is 0 Å². The summed E-state index contributed by atoms with van der Waals surface area (Å²) in [4.78, 5) is 19.8. The molecule has 6 rings (SSSR count). The van der Waals surface area contributed by atoms with Gasteiger partial charge in [0, 0.05) is 42.0 Å². The van der Waals surface area contributed by atoms with E-state index >= 15 is 0 Å². The van der Waals surface area contributed by atoms with Crippen LogP contribution in [-0.2, 0) is 21.0 Å². The number of pyridine rings is 2. The summed E-state index contributed by atoms with van der Waals surface area (Å²) in [5.74, 6) is 1.24. The van der Waals surface area contributed by atoms with Crippen molar-refractivity contribution in [1.29, 1.82) is 0 Å². The highest BCUT2D eigenvalue weighted by atomic mass is 32.2. The first kappa shape index (κ1) is 30.8. The molecule has 3 aromatic heterocycles. The minimum absolute atomic E-state index is 0.0741. The number of ether oxygens (including phenoxy) is 1. The van der Waals surface area contributed by atoms with E-state index in [2.05, 4.69) is 20.3 Å². The van der Waals surface area contributed by atoms with Crippen LogP contribution in [0.15, 0.2) is 90.1 Å². The Morgan fingerprint density at radius 2 is 1.68 bits per heavy atom. The highest BCUT2D eigenvalue weighted by Crippen LogP contribution is 2.33. The molecule has 0 atom stereocenters. The molecule has 10 nitrogen and oxygen atoms in total. The van der Waals surface area contributed by atoms with Gasteiger partial charge in [0.15, 0.2) is 0 Å². The molecule has 0 aliphatic carbocycles. The van der Waals surface area contributed by atoms with Crippen molar-refractivity contribution < 1.29 is 30.9 Å². The minimum atomic E-state index is -4.45. The zero-order valence-electron chi connectivity index (χ0n) is 23.4. The molecule has 0 saturated carbocycles. The third kappa shape index (κ3) is 7.45. The van der Waals surface area contributed by atoms with Crippen molar-refractivity contribution in [2.45, 2.75) is 18.0 Å². The van der Waals surface area contributed by atoms with Gasteiger partial charge in [-0.05, 0) is 43.3 Å². The van der Waals surface area contributed by atoms with Gasteiger partial charge in [0.2, 0.25) is 5.95 Å². The van der Waals surface area contributed by atoms with Gasteiger partial charge in [-0.1, -0.05) is 36.4 Å². The number of nitrogens with one attached hydrogen (secondary N) is 1. The Balaban J connectivity index is 0.000000328. The van der Waals surface area contributed by atoms with E-state index in [1.807, 2.05) is 42.2 Å². The summed E-state index contributed by atoms with van der Waals surface area (Å²) >= 11 is 0. The van der Waals surface area contributed by atoms with Crippen LogP contribution in [0.5, 0.6) is 0 Å². The number of anilines is 3. The maximum absolute atomic E-state index is 12.9. The number of alkyl halides is 3. The van der Waals surface area contributed by atoms with Crippen molar-refractivity contribution in [3.8, 4) is 11.3 Å². The molecule has 228 valence electrons. The largest absolute Gasteiger partial charge is 0.417 e. The van der Waals surface area contributed by atoms with Gasteiger partial charge in [-0.3, -0.25) is 9.54 Å². The molecular formula is C30H27F3N6O4S. The van der Waals surface area contributed by atoms with Crippen LogP contribution in [0.1, 0.15) is 11.1 Å². The number of benzene rings is 2. The van der Waals surface area contributed by atoms with Crippen LogP contribution in [-0.4, -0.2) is 59.2 Å². The van der Waals surface area contributed by atoms with E-state index in [0.717, 1.165) is 34.3 Å². The second-order valence-electron chi connectivity index (χ2n) is 9.70. The summed E-state index contributed by atoms with van der Waals surface area (Å²) in [5.41, 5.74) is 2.34. The summed E-state index contributed by atoms with van der Waals surface area (Å²) in [6.45, 7) is 4.28. The Labute approximate surface area is 251 Å². The summed E-state index contributed by atoms with van der Waals surface area (Å²) in [6.07, 6.45) is -1.91. The van der Waals surface area contributed by atoms with E-state index in [1.165, 1.54) is 18.2 Å². The van der Waals surface area contributed by atoms with Gasteiger partial charge >= 0.3 is 6.18 Å². The molecule has 14 heteroatoms. The topological polar surface area (TPSA) is 130 Å². The molecule has 0 bridgehead atoms. The van der Waals surface area contributed by atoms with Crippen LogP contribution in [0.2, 0.25) is 0 Å². The zero-order valence-corrected chi connectivity index (χ0v) is 24.2. The fraction of sp³-hybridized carbons (Fsp3) is 0.200. The zero-order chi connectivity index (χ0) is 31.3. The number of fused-ring (bicyclic) bond motifs is 1. The van der Waals surface area contributed by atoms with Gasteiger partial charge in [0.1, 0.15) is 11.6 Å². The number of morpholine rings is 1. The Morgan fingerprint density at radius 1 is 0.932 bits per heavy atom. The van der Waals surface area contributed by atoms with Gasteiger partial charge < -0.3 is 15.0 Å². The number of halogens is 3. The third-order valence-corrected chi connectivity index (χ3v) is 7.55. The third-order valence-electron chi connectivity index (χ3n) is 6.69. The minimum Gasteiger partial charge on any atom is -0.378 e. The van der Waals surface area contributed by atoms with Crippen LogP contribution in [0.25, 0.3) is 22.2 Å². The van der Waals surface area contributed by atoms with Crippen LogP contribution in [0.3, 0.4) is 0 Å². The molecule has 5 aromatic rings.